The Morgan fingerprint density at radius 2 is 1.31 bits per heavy atom. The highest BCUT2D eigenvalue weighted by Gasteiger charge is 2.25. The van der Waals surface area contributed by atoms with Crippen LogP contribution in [0.15, 0.2) is 101 Å². The first-order chi connectivity index (χ1) is 18.4. The molecular weight excluding hydrogens is 534 g/mol. The number of aryl methyl sites for hydroxylation is 3. The van der Waals surface area contributed by atoms with Crippen molar-refractivity contribution in [2.24, 2.45) is 0 Å². The van der Waals surface area contributed by atoms with Crippen LogP contribution in [0.2, 0.25) is 0 Å². The molecule has 0 spiro atoms. The van der Waals surface area contributed by atoms with Gasteiger partial charge in [-0.3, -0.25) is 13.8 Å². The summed E-state index contributed by atoms with van der Waals surface area (Å²) in [6, 6.07) is 24.1. The molecule has 0 aliphatic rings. The molecule has 0 atom stereocenters. The lowest BCUT2D eigenvalue weighted by Crippen LogP contribution is -2.29. The summed E-state index contributed by atoms with van der Waals surface area (Å²) >= 11 is 0. The lowest BCUT2D eigenvalue weighted by Gasteiger charge is -2.22. The number of carbonyl (C=O) groups excluding carboxylic acids is 1. The van der Waals surface area contributed by atoms with Gasteiger partial charge in [-0.25, -0.2) is 16.8 Å². The summed E-state index contributed by atoms with van der Waals surface area (Å²) in [5.74, 6) is -0.541. The summed E-state index contributed by atoms with van der Waals surface area (Å²) in [6.45, 7) is 5.56. The second kappa shape index (κ2) is 10.9. The zero-order valence-corrected chi connectivity index (χ0v) is 23.6. The number of benzene rings is 4. The molecule has 0 bridgehead atoms. The van der Waals surface area contributed by atoms with Crippen LogP contribution < -0.4 is 14.3 Å². The Kier molecular flexibility index (Phi) is 7.80. The van der Waals surface area contributed by atoms with E-state index < -0.39 is 26.0 Å². The second-order valence-corrected chi connectivity index (χ2v) is 12.9. The molecule has 4 aromatic rings. The molecule has 0 saturated carbocycles. The van der Waals surface area contributed by atoms with E-state index in [4.69, 9.17) is 0 Å². The maximum atomic E-state index is 13.2. The van der Waals surface area contributed by atoms with Gasteiger partial charge in [-0.05, 0) is 86.5 Å². The van der Waals surface area contributed by atoms with Crippen LogP contribution in [0.3, 0.4) is 0 Å². The molecule has 0 aromatic heterocycles. The molecular formula is C29H29N3O5S2. The van der Waals surface area contributed by atoms with Crippen LogP contribution in [0.1, 0.15) is 27.0 Å². The molecule has 10 heteroatoms. The first-order valence-corrected chi connectivity index (χ1v) is 15.0. The maximum Gasteiger partial charge on any atom is 0.264 e. The van der Waals surface area contributed by atoms with Crippen LogP contribution >= 0.6 is 0 Å². The lowest BCUT2D eigenvalue weighted by molar-refractivity contribution is 0.102. The highest BCUT2D eigenvalue weighted by molar-refractivity contribution is 7.93. The zero-order chi connectivity index (χ0) is 28.4. The van der Waals surface area contributed by atoms with Gasteiger partial charge < -0.3 is 5.32 Å². The molecule has 4 rings (SSSR count). The Morgan fingerprint density at radius 3 is 1.97 bits per heavy atom. The minimum absolute atomic E-state index is 0.0331. The van der Waals surface area contributed by atoms with Crippen molar-refractivity contribution < 1.29 is 21.6 Å². The third-order valence-corrected chi connectivity index (χ3v) is 9.39. The largest absolute Gasteiger partial charge is 0.322 e. The first kappa shape index (κ1) is 27.9. The van der Waals surface area contributed by atoms with Crippen molar-refractivity contribution in [2.45, 2.75) is 30.6 Å². The lowest BCUT2D eigenvalue weighted by atomic mass is 10.1. The Morgan fingerprint density at radius 1 is 0.718 bits per heavy atom. The first-order valence-electron chi connectivity index (χ1n) is 12.0. The van der Waals surface area contributed by atoms with Gasteiger partial charge >= 0.3 is 0 Å². The summed E-state index contributed by atoms with van der Waals surface area (Å²) in [5.41, 5.74) is 3.83. The fourth-order valence-electron chi connectivity index (χ4n) is 3.90. The fourth-order valence-corrected chi connectivity index (χ4v) is 6.24. The average Bonchev–Trinajstić information content (AvgIpc) is 2.90. The van der Waals surface area contributed by atoms with Gasteiger partial charge in [-0.15, -0.1) is 0 Å². The third-order valence-electron chi connectivity index (χ3n) is 6.23. The summed E-state index contributed by atoms with van der Waals surface area (Å²) < 4.78 is 55.9. The number of nitrogens with one attached hydrogen (secondary N) is 2. The standard InChI is InChI=1S/C29H29N3O5S2/c1-20-10-15-25(16-11-20)39(36,37)32(4)28-8-6-5-7-26(28)29(33)30-23-13-17-24(18-14-23)38(34,35)31-27-19-21(2)9-12-22(27)3/h5-19,31H,1-4H3,(H,30,33). The average molecular weight is 564 g/mol. The monoisotopic (exact) mass is 563 g/mol. The molecule has 1 amide bonds. The second-order valence-electron chi connectivity index (χ2n) is 9.21. The predicted octanol–water partition coefficient (Wildman–Crippen LogP) is 5.49. The van der Waals surface area contributed by atoms with E-state index in [1.807, 2.05) is 32.9 Å². The molecule has 39 heavy (non-hydrogen) atoms. The van der Waals surface area contributed by atoms with E-state index in [9.17, 15) is 21.6 Å². The Hall–Kier alpha value is -4.15. The van der Waals surface area contributed by atoms with Crippen molar-refractivity contribution >= 4 is 43.0 Å². The Bertz CT molecular complexity index is 1730. The molecule has 8 nitrogen and oxygen atoms in total. The highest BCUT2D eigenvalue weighted by atomic mass is 32.2. The molecule has 0 radical (unpaired) electrons. The number of rotatable bonds is 8. The normalized spacial score (nSPS) is 11.6. The van der Waals surface area contributed by atoms with E-state index in [1.165, 1.54) is 49.5 Å². The zero-order valence-electron chi connectivity index (χ0n) is 22.0. The van der Waals surface area contributed by atoms with Crippen molar-refractivity contribution in [3.8, 4) is 0 Å². The number of anilines is 3. The van der Waals surface area contributed by atoms with Gasteiger partial charge in [-0.1, -0.05) is 42.0 Å². The quantitative estimate of drug-likeness (QED) is 0.294. The summed E-state index contributed by atoms with van der Waals surface area (Å²) in [4.78, 5) is 13.3. The van der Waals surface area contributed by atoms with Gasteiger partial charge in [0.1, 0.15) is 0 Å². The van der Waals surface area contributed by atoms with Gasteiger partial charge in [-0.2, -0.15) is 0 Å². The summed E-state index contributed by atoms with van der Waals surface area (Å²) in [7, 11) is -6.37. The van der Waals surface area contributed by atoms with E-state index in [0.29, 0.717) is 11.4 Å². The number of carbonyl (C=O) groups is 1. The molecule has 2 N–H and O–H groups in total. The predicted molar refractivity (Wildman–Crippen MR) is 154 cm³/mol. The molecule has 202 valence electrons. The minimum Gasteiger partial charge on any atom is -0.322 e. The van der Waals surface area contributed by atoms with Gasteiger partial charge in [0, 0.05) is 12.7 Å². The van der Waals surface area contributed by atoms with Crippen LogP contribution in [-0.2, 0) is 20.0 Å². The molecule has 0 fully saturated rings. The topological polar surface area (TPSA) is 113 Å². The number of amides is 1. The van der Waals surface area contributed by atoms with E-state index in [1.54, 1.807) is 36.4 Å². The van der Waals surface area contributed by atoms with Gasteiger partial charge in [0.05, 0.1) is 26.7 Å². The summed E-state index contributed by atoms with van der Waals surface area (Å²) in [6.07, 6.45) is 0. The molecule has 0 aliphatic heterocycles. The van der Waals surface area contributed by atoms with Gasteiger partial charge in [0.2, 0.25) is 0 Å². The highest BCUT2D eigenvalue weighted by Crippen LogP contribution is 2.27. The minimum atomic E-state index is -3.91. The Balaban J connectivity index is 1.54. The van der Waals surface area contributed by atoms with Crippen LogP contribution in [0.4, 0.5) is 17.1 Å². The van der Waals surface area contributed by atoms with E-state index >= 15 is 0 Å². The molecule has 0 unspecified atom stereocenters. The number of sulfonamides is 2. The number of hydrogen-bond donors (Lipinski definition) is 2. The van der Waals surface area contributed by atoms with Crippen LogP contribution in [0.5, 0.6) is 0 Å². The van der Waals surface area contributed by atoms with Crippen LogP contribution in [0.25, 0.3) is 0 Å². The SMILES string of the molecule is Cc1ccc(S(=O)(=O)N(C)c2ccccc2C(=O)Nc2ccc(S(=O)(=O)Nc3cc(C)ccc3C)cc2)cc1. The molecule has 0 saturated heterocycles. The van der Waals surface area contributed by atoms with E-state index in [2.05, 4.69) is 10.0 Å². The van der Waals surface area contributed by atoms with Crippen molar-refractivity contribution in [1.82, 2.24) is 0 Å². The Labute approximate surface area is 229 Å². The van der Waals surface area contributed by atoms with E-state index in [-0.39, 0.29) is 21.0 Å². The number of hydrogen-bond acceptors (Lipinski definition) is 5. The van der Waals surface area contributed by atoms with Gasteiger partial charge in [0.25, 0.3) is 26.0 Å². The van der Waals surface area contributed by atoms with Gasteiger partial charge in [0.15, 0.2) is 0 Å². The molecule has 0 heterocycles. The number of para-hydroxylation sites is 1. The summed E-state index contributed by atoms with van der Waals surface area (Å²) in [5, 5.41) is 2.72. The van der Waals surface area contributed by atoms with E-state index in [0.717, 1.165) is 21.0 Å². The third kappa shape index (κ3) is 6.13. The van der Waals surface area contributed by atoms with Crippen molar-refractivity contribution in [3.05, 3.63) is 113 Å². The smallest absolute Gasteiger partial charge is 0.264 e. The van der Waals surface area contributed by atoms with Crippen molar-refractivity contribution in [1.29, 1.82) is 0 Å². The fraction of sp³-hybridized carbons (Fsp3) is 0.138. The van der Waals surface area contributed by atoms with Crippen LogP contribution in [0, 0.1) is 20.8 Å². The maximum absolute atomic E-state index is 13.2. The van der Waals surface area contributed by atoms with Crippen molar-refractivity contribution in [2.75, 3.05) is 21.4 Å². The molecule has 0 aliphatic carbocycles. The molecule has 4 aromatic carbocycles. The van der Waals surface area contributed by atoms with Crippen LogP contribution in [-0.4, -0.2) is 29.8 Å². The van der Waals surface area contributed by atoms with Crippen molar-refractivity contribution in [3.63, 3.8) is 0 Å². The number of nitrogens with zero attached hydrogens (tertiary/aromatic N) is 1.